The summed E-state index contributed by atoms with van der Waals surface area (Å²) < 4.78 is 0. The number of allylic oxidation sites excluding steroid dienone is 2. The number of unbranched alkanes of at least 4 members (excludes halogenated alkanes) is 1. The van der Waals surface area contributed by atoms with Crippen molar-refractivity contribution in [2.45, 2.75) is 90.6 Å². The van der Waals surface area contributed by atoms with Crippen LogP contribution in [-0.4, -0.2) is 11.2 Å². The molecule has 0 radical (unpaired) electrons. The molecule has 25 heavy (non-hydrogen) atoms. The first-order valence-corrected chi connectivity index (χ1v) is 10.7. The number of aliphatic hydroxyl groups excluding tert-OH is 1. The van der Waals surface area contributed by atoms with E-state index in [-0.39, 0.29) is 6.10 Å². The largest absolute Gasteiger partial charge is 0.393 e. The molecule has 4 fully saturated rings. The molecule has 138 valence electrons. The molecule has 7 unspecified atom stereocenters. The standard InChI is InChI=1S/C23H35NO/c1-22-10-9-20-19(21(22)13-16(15-22)5-3-4-12-24)7-6-17-14-18(25)8-11-23(17,20)2/h5,17-21,25H,3-4,6-11,13-15H2,1-2H3. The third-order valence-electron chi connectivity index (χ3n) is 8.96. The van der Waals surface area contributed by atoms with Gasteiger partial charge in [0, 0.05) is 6.42 Å². The summed E-state index contributed by atoms with van der Waals surface area (Å²) in [5.74, 6) is 3.41. The molecule has 2 nitrogen and oxygen atoms in total. The van der Waals surface area contributed by atoms with Crippen LogP contribution in [0.25, 0.3) is 0 Å². The van der Waals surface area contributed by atoms with Gasteiger partial charge in [-0.05, 0) is 98.7 Å². The molecule has 0 aromatic rings. The van der Waals surface area contributed by atoms with Crippen LogP contribution < -0.4 is 0 Å². The van der Waals surface area contributed by atoms with Crippen LogP contribution in [-0.2, 0) is 0 Å². The Morgan fingerprint density at radius 2 is 2.00 bits per heavy atom. The van der Waals surface area contributed by atoms with E-state index in [4.69, 9.17) is 5.26 Å². The average molecular weight is 342 g/mol. The van der Waals surface area contributed by atoms with Crippen LogP contribution in [0.1, 0.15) is 84.5 Å². The van der Waals surface area contributed by atoms with E-state index < -0.39 is 0 Å². The van der Waals surface area contributed by atoms with Gasteiger partial charge in [-0.1, -0.05) is 25.5 Å². The lowest BCUT2D eigenvalue weighted by molar-refractivity contribution is -0.120. The van der Waals surface area contributed by atoms with Crippen LogP contribution in [0.5, 0.6) is 0 Å². The quantitative estimate of drug-likeness (QED) is 0.523. The minimum absolute atomic E-state index is 0.0374. The van der Waals surface area contributed by atoms with Gasteiger partial charge in [-0.25, -0.2) is 0 Å². The zero-order valence-corrected chi connectivity index (χ0v) is 16.1. The smallest absolute Gasteiger partial charge is 0.0625 e. The Kier molecular flexibility index (Phi) is 4.52. The summed E-state index contributed by atoms with van der Waals surface area (Å²) in [5.41, 5.74) is 2.64. The second-order valence-corrected chi connectivity index (χ2v) is 10.2. The Morgan fingerprint density at radius 3 is 2.80 bits per heavy atom. The molecule has 2 heteroatoms. The van der Waals surface area contributed by atoms with Gasteiger partial charge in [-0.15, -0.1) is 0 Å². The SMILES string of the molecule is CC12CCC3C(CCC4CC(O)CCC43C)C1CC(=CCCC#N)C2. The number of aliphatic hydroxyl groups is 1. The maximum atomic E-state index is 10.2. The van der Waals surface area contributed by atoms with Crippen molar-refractivity contribution < 1.29 is 5.11 Å². The Balaban J connectivity index is 1.54. The molecule has 0 aromatic carbocycles. The average Bonchev–Trinajstić information content (AvgIpc) is 2.92. The molecule has 4 rings (SSSR count). The van der Waals surface area contributed by atoms with Gasteiger partial charge in [-0.3, -0.25) is 0 Å². The number of hydrogen-bond acceptors (Lipinski definition) is 2. The monoisotopic (exact) mass is 341 g/mol. The molecule has 7 atom stereocenters. The fraction of sp³-hybridized carbons (Fsp3) is 0.870. The molecule has 4 aliphatic carbocycles. The van der Waals surface area contributed by atoms with Gasteiger partial charge in [0.2, 0.25) is 0 Å². The van der Waals surface area contributed by atoms with Crippen LogP contribution in [0, 0.1) is 45.8 Å². The van der Waals surface area contributed by atoms with Crippen molar-refractivity contribution in [3.8, 4) is 6.07 Å². The molecule has 0 aliphatic heterocycles. The second-order valence-electron chi connectivity index (χ2n) is 10.2. The van der Waals surface area contributed by atoms with Gasteiger partial charge in [0.05, 0.1) is 12.2 Å². The van der Waals surface area contributed by atoms with E-state index in [1.165, 1.54) is 44.9 Å². The molecule has 0 amide bonds. The lowest BCUT2D eigenvalue weighted by Crippen LogP contribution is -2.53. The summed E-state index contributed by atoms with van der Waals surface area (Å²) in [5, 5.41) is 19.0. The first-order chi connectivity index (χ1) is 12.0. The molecule has 0 aromatic heterocycles. The predicted molar refractivity (Wildman–Crippen MR) is 101 cm³/mol. The van der Waals surface area contributed by atoms with Crippen LogP contribution in [0.3, 0.4) is 0 Å². The third kappa shape index (κ3) is 2.87. The lowest BCUT2D eigenvalue weighted by atomic mass is 9.45. The Hall–Kier alpha value is -0.810. The molecule has 0 bridgehead atoms. The van der Waals surface area contributed by atoms with Crippen molar-refractivity contribution in [3.05, 3.63) is 11.6 Å². The first-order valence-electron chi connectivity index (χ1n) is 10.7. The molecule has 0 heterocycles. The molecule has 0 spiro atoms. The van der Waals surface area contributed by atoms with E-state index in [2.05, 4.69) is 26.0 Å². The fourth-order valence-electron chi connectivity index (χ4n) is 7.62. The number of rotatable bonds is 2. The summed E-state index contributed by atoms with van der Waals surface area (Å²) in [6.07, 6.45) is 15.4. The van der Waals surface area contributed by atoms with E-state index in [1.54, 1.807) is 5.57 Å². The van der Waals surface area contributed by atoms with E-state index in [9.17, 15) is 5.11 Å². The van der Waals surface area contributed by atoms with E-state index in [0.29, 0.717) is 17.3 Å². The lowest BCUT2D eigenvalue weighted by Gasteiger charge is -2.60. The molecule has 4 saturated carbocycles. The highest BCUT2D eigenvalue weighted by molar-refractivity contribution is 5.19. The summed E-state index contributed by atoms with van der Waals surface area (Å²) in [7, 11) is 0. The first kappa shape index (κ1) is 17.6. The number of nitriles is 1. The maximum Gasteiger partial charge on any atom is 0.0625 e. The molecule has 4 aliphatic rings. The molecular weight excluding hydrogens is 306 g/mol. The van der Waals surface area contributed by atoms with Crippen LogP contribution >= 0.6 is 0 Å². The van der Waals surface area contributed by atoms with Gasteiger partial charge >= 0.3 is 0 Å². The van der Waals surface area contributed by atoms with Crippen molar-refractivity contribution in [3.63, 3.8) is 0 Å². The second kappa shape index (κ2) is 6.41. The highest BCUT2D eigenvalue weighted by atomic mass is 16.3. The minimum atomic E-state index is -0.0374. The van der Waals surface area contributed by atoms with Gasteiger partial charge in [0.1, 0.15) is 0 Å². The fourth-order valence-corrected chi connectivity index (χ4v) is 7.62. The third-order valence-corrected chi connectivity index (χ3v) is 8.96. The highest BCUT2D eigenvalue weighted by Crippen LogP contribution is 2.66. The van der Waals surface area contributed by atoms with Crippen molar-refractivity contribution in [2.75, 3.05) is 0 Å². The summed E-state index contributed by atoms with van der Waals surface area (Å²) in [6.45, 7) is 5.12. The Bertz CT molecular complexity index is 589. The zero-order valence-electron chi connectivity index (χ0n) is 16.1. The van der Waals surface area contributed by atoms with Gasteiger partial charge in [0.25, 0.3) is 0 Å². The maximum absolute atomic E-state index is 10.2. The highest BCUT2D eigenvalue weighted by Gasteiger charge is 2.58. The molecule has 0 saturated heterocycles. The molecule has 1 N–H and O–H groups in total. The summed E-state index contributed by atoms with van der Waals surface area (Å²) in [4.78, 5) is 0. The van der Waals surface area contributed by atoms with Crippen molar-refractivity contribution in [2.24, 2.45) is 34.5 Å². The van der Waals surface area contributed by atoms with Crippen molar-refractivity contribution in [1.82, 2.24) is 0 Å². The normalized spacial score (nSPS) is 50.6. The summed E-state index contributed by atoms with van der Waals surface area (Å²) >= 11 is 0. The van der Waals surface area contributed by atoms with Gasteiger partial charge in [0.15, 0.2) is 0 Å². The number of fused-ring (bicyclic) bond motifs is 5. The summed E-state index contributed by atoms with van der Waals surface area (Å²) in [6, 6.07) is 2.28. The zero-order chi connectivity index (χ0) is 17.7. The number of hydrogen-bond donors (Lipinski definition) is 1. The van der Waals surface area contributed by atoms with E-state index in [1.807, 2.05) is 0 Å². The van der Waals surface area contributed by atoms with Gasteiger partial charge in [-0.2, -0.15) is 5.26 Å². The molecular formula is C23H35NO. The van der Waals surface area contributed by atoms with Crippen LogP contribution in [0.2, 0.25) is 0 Å². The van der Waals surface area contributed by atoms with Crippen LogP contribution in [0.4, 0.5) is 0 Å². The van der Waals surface area contributed by atoms with Crippen LogP contribution in [0.15, 0.2) is 11.6 Å². The Labute approximate surface area is 153 Å². The van der Waals surface area contributed by atoms with E-state index in [0.717, 1.165) is 42.9 Å². The Morgan fingerprint density at radius 1 is 1.16 bits per heavy atom. The topological polar surface area (TPSA) is 44.0 Å². The van der Waals surface area contributed by atoms with Gasteiger partial charge < -0.3 is 5.11 Å². The van der Waals surface area contributed by atoms with Crippen molar-refractivity contribution >= 4 is 0 Å². The minimum Gasteiger partial charge on any atom is -0.393 e. The predicted octanol–water partition coefficient (Wildman–Crippen LogP) is 5.62. The van der Waals surface area contributed by atoms with E-state index >= 15 is 0 Å². The number of nitrogens with zero attached hydrogens (tertiary/aromatic N) is 1. The van der Waals surface area contributed by atoms with Crippen molar-refractivity contribution in [1.29, 1.82) is 5.26 Å².